The fourth-order valence-electron chi connectivity index (χ4n) is 3.89. The highest BCUT2D eigenvalue weighted by atomic mass is 16.7. The molecule has 0 radical (unpaired) electrons. The molecule has 246 valence electrons. The number of carbonyl (C=O) groups is 2. The van der Waals surface area contributed by atoms with Crippen LogP contribution in [0.25, 0.3) is 0 Å². The van der Waals surface area contributed by atoms with Crippen molar-refractivity contribution in [2.24, 2.45) is 0 Å². The van der Waals surface area contributed by atoms with Gasteiger partial charge in [-0.2, -0.15) is 0 Å². The highest BCUT2D eigenvalue weighted by Crippen LogP contribution is 2.21. The Morgan fingerprint density at radius 2 is 1.02 bits per heavy atom. The molecule has 0 aliphatic heterocycles. The number of carbonyl (C=O) groups excluding carboxylic acids is 2. The molecule has 0 N–H and O–H groups in total. The zero-order valence-corrected chi connectivity index (χ0v) is 26.1. The van der Waals surface area contributed by atoms with E-state index in [4.69, 9.17) is 37.9 Å². The predicted octanol–water partition coefficient (Wildman–Crippen LogP) is 7.28. The maximum absolute atomic E-state index is 12.6. The van der Waals surface area contributed by atoms with Crippen molar-refractivity contribution in [3.63, 3.8) is 0 Å². The first-order valence-electron chi connectivity index (χ1n) is 15.2. The van der Waals surface area contributed by atoms with Gasteiger partial charge in [-0.05, 0) is 111 Å². The normalized spacial score (nSPS) is 10.3. The van der Waals surface area contributed by atoms with Crippen LogP contribution in [-0.2, 0) is 19.0 Å². The number of ether oxygens (including phenoxy) is 8. The van der Waals surface area contributed by atoms with Crippen molar-refractivity contribution in [3.8, 4) is 28.7 Å². The van der Waals surface area contributed by atoms with Crippen molar-refractivity contribution in [1.82, 2.24) is 0 Å². The number of hydrogen-bond donors (Lipinski definition) is 0. The second kappa shape index (κ2) is 21.7. The fraction of sp³-hybridized carbons (Fsp3) is 0.333. The van der Waals surface area contributed by atoms with Crippen LogP contribution >= 0.6 is 0 Å². The smallest absolute Gasteiger partial charge is 0.343 e. The highest BCUT2D eigenvalue weighted by molar-refractivity contribution is 5.91. The number of unbranched alkanes of at least 4 members (excludes halogenated alkanes) is 4. The Morgan fingerprint density at radius 3 is 1.59 bits per heavy atom. The summed E-state index contributed by atoms with van der Waals surface area (Å²) in [4.78, 5) is 23.6. The lowest BCUT2D eigenvalue weighted by Gasteiger charge is -2.11. The predicted molar refractivity (Wildman–Crippen MR) is 172 cm³/mol. The third kappa shape index (κ3) is 14.7. The molecule has 10 heteroatoms. The van der Waals surface area contributed by atoms with E-state index in [1.807, 2.05) is 24.3 Å². The van der Waals surface area contributed by atoms with Crippen molar-refractivity contribution in [2.45, 2.75) is 38.5 Å². The van der Waals surface area contributed by atoms with E-state index < -0.39 is 11.9 Å². The summed E-state index contributed by atoms with van der Waals surface area (Å²) in [6.07, 6.45) is 7.83. The molecular formula is C36H42O10. The van der Waals surface area contributed by atoms with Gasteiger partial charge in [0.05, 0.1) is 38.3 Å². The van der Waals surface area contributed by atoms with Gasteiger partial charge in [0, 0.05) is 6.08 Å². The number of hydrogen-bond acceptors (Lipinski definition) is 10. The van der Waals surface area contributed by atoms with Crippen LogP contribution in [0, 0.1) is 0 Å². The average Bonchev–Trinajstić information content (AvgIpc) is 3.08. The van der Waals surface area contributed by atoms with Crippen LogP contribution in [0.5, 0.6) is 28.7 Å². The molecule has 3 rings (SSSR count). The van der Waals surface area contributed by atoms with Crippen LogP contribution in [-0.4, -0.2) is 52.0 Å². The summed E-state index contributed by atoms with van der Waals surface area (Å²) in [6.45, 7) is 9.19. The lowest BCUT2D eigenvalue weighted by Crippen LogP contribution is -2.09. The molecule has 0 amide bonds. The molecular weight excluding hydrogens is 592 g/mol. The summed E-state index contributed by atoms with van der Waals surface area (Å²) in [5, 5.41) is 0. The lowest BCUT2D eigenvalue weighted by molar-refractivity contribution is -0.137. The minimum atomic E-state index is -0.475. The van der Waals surface area contributed by atoms with Gasteiger partial charge in [-0.3, -0.25) is 0 Å². The van der Waals surface area contributed by atoms with E-state index >= 15 is 0 Å². The molecule has 0 aromatic heterocycles. The van der Waals surface area contributed by atoms with Gasteiger partial charge in [0.25, 0.3) is 0 Å². The van der Waals surface area contributed by atoms with Gasteiger partial charge in [-0.15, -0.1) is 0 Å². The quantitative estimate of drug-likeness (QED) is 0.0249. The van der Waals surface area contributed by atoms with Crippen molar-refractivity contribution >= 4 is 11.9 Å². The molecule has 46 heavy (non-hydrogen) atoms. The second-order valence-electron chi connectivity index (χ2n) is 9.81. The van der Waals surface area contributed by atoms with E-state index in [1.54, 1.807) is 48.5 Å². The summed E-state index contributed by atoms with van der Waals surface area (Å²) in [7, 11) is 0. The van der Waals surface area contributed by atoms with E-state index in [2.05, 4.69) is 13.2 Å². The minimum Gasteiger partial charge on any atom is -0.494 e. The van der Waals surface area contributed by atoms with Gasteiger partial charge >= 0.3 is 11.9 Å². The molecule has 0 spiro atoms. The Labute approximate surface area is 270 Å². The standard InChI is InChI=1S/C36H42O10/c1-3-35(37)43-26-8-6-5-7-24-41-30-13-11-29(12-14-30)36(38)46-34-21-19-33(20-22-34)45-28-44-32-17-15-31(16-18-32)42-25-10-9-23-40-27-39-4-2/h3-4,11-22H,1-2,5-10,23-28H2. The Hall–Kier alpha value is -4.96. The molecule has 0 bridgehead atoms. The molecule has 0 unspecified atom stereocenters. The number of esters is 2. The highest BCUT2D eigenvalue weighted by Gasteiger charge is 2.09. The van der Waals surface area contributed by atoms with Crippen LogP contribution in [0.15, 0.2) is 98.3 Å². The molecule has 3 aromatic carbocycles. The molecule has 3 aromatic rings. The van der Waals surface area contributed by atoms with Crippen molar-refractivity contribution in [3.05, 3.63) is 104 Å². The summed E-state index contributed by atoms with van der Waals surface area (Å²) in [5.41, 5.74) is 0.409. The lowest BCUT2D eigenvalue weighted by atomic mass is 10.2. The van der Waals surface area contributed by atoms with E-state index in [0.717, 1.165) is 50.4 Å². The number of benzene rings is 3. The Balaban J connectivity index is 1.27. The van der Waals surface area contributed by atoms with Crippen LogP contribution < -0.4 is 23.7 Å². The third-order valence-electron chi connectivity index (χ3n) is 6.34. The molecule has 10 nitrogen and oxygen atoms in total. The van der Waals surface area contributed by atoms with Crippen LogP contribution in [0.4, 0.5) is 0 Å². The fourth-order valence-corrected chi connectivity index (χ4v) is 3.89. The molecule has 0 aliphatic rings. The summed E-state index contributed by atoms with van der Waals surface area (Å²) in [6, 6.07) is 20.8. The molecule has 0 saturated heterocycles. The van der Waals surface area contributed by atoms with Crippen LogP contribution in [0.1, 0.15) is 48.9 Å². The van der Waals surface area contributed by atoms with Gasteiger partial charge in [-0.1, -0.05) is 13.2 Å². The molecule has 0 aliphatic carbocycles. The zero-order valence-electron chi connectivity index (χ0n) is 26.1. The number of rotatable bonds is 24. The second-order valence-corrected chi connectivity index (χ2v) is 9.81. The van der Waals surface area contributed by atoms with Gasteiger partial charge in [0.15, 0.2) is 6.79 Å². The van der Waals surface area contributed by atoms with Crippen LogP contribution in [0.3, 0.4) is 0 Å². The summed E-state index contributed by atoms with van der Waals surface area (Å²) < 4.78 is 43.4. The topological polar surface area (TPSA) is 108 Å². The maximum atomic E-state index is 12.6. The Morgan fingerprint density at radius 1 is 0.543 bits per heavy atom. The van der Waals surface area contributed by atoms with E-state index in [1.165, 1.54) is 6.26 Å². The van der Waals surface area contributed by atoms with Crippen molar-refractivity contribution in [2.75, 3.05) is 40.0 Å². The molecule has 0 atom stereocenters. The monoisotopic (exact) mass is 634 g/mol. The van der Waals surface area contributed by atoms with E-state index in [-0.39, 0.29) is 13.6 Å². The third-order valence-corrected chi connectivity index (χ3v) is 6.34. The maximum Gasteiger partial charge on any atom is 0.343 e. The average molecular weight is 635 g/mol. The largest absolute Gasteiger partial charge is 0.494 e. The molecule has 0 saturated carbocycles. The Kier molecular flexibility index (Phi) is 16.7. The zero-order chi connectivity index (χ0) is 32.7. The van der Waals surface area contributed by atoms with Crippen LogP contribution in [0.2, 0.25) is 0 Å². The first kappa shape index (κ1) is 35.5. The van der Waals surface area contributed by atoms with Gasteiger partial charge in [0.1, 0.15) is 28.7 Å². The molecule has 0 fully saturated rings. The summed E-state index contributed by atoms with van der Waals surface area (Å²) >= 11 is 0. The molecule has 0 heterocycles. The van der Waals surface area contributed by atoms with Gasteiger partial charge < -0.3 is 37.9 Å². The minimum absolute atomic E-state index is 0.0105. The van der Waals surface area contributed by atoms with Gasteiger partial charge in [-0.25, -0.2) is 9.59 Å². The first-order valence-corrected chi connectivity index (χ1v) is 15.2. The van der Waals surface area contributed by atoms with Crippen molar-refractivity contribution < 1.29 is 47.5 Å². The Bertz CT molecular complexity index is 1300. The first-order chi connectivity index (χ1) is 22.6. The van der Waals surface area contributed by atoms with Gasteiger partial charge in [0.2, 0.25) is 6.79 Å². The van der Waals surface area contributed by atoms with Crippen molar-refractivity contribution in [1.29, 1.82) is 0 Å². The summed E-state index contributed by atoms with van der Waals surface area (Å²) in [5.74, 6) is 2.16. The van der Waals surface area contributed by atoms with E-state index in [0.29, 0.717) is 55.0 Å². The van der Waals surface area contributed by atoms with E-state index in [9.17, 15) is 9.59 Å². The SMILES string of the molecule is C=COCOCCCCOc1ccc(OCOc2ccc(OC(=O)c3ccc(OCCCCCCOC(=O)C=C)cc3)cc2)cc1.